The van der Waals surface area contributed by atoms with Crippen LogP contribution in [0.3, 0.4) is 0 Å². The molecule has 0 aliphatic rings. The first-order valence-corrected chi connectivity index (χ1v) is 10.6. The quantitative estimate of drug-likeness (QED) is 0.179. The van der Waals surface area contributed by atoms with Crippen molar-refractivity contribution < 1.29 is 28.5 Å². The number of allylic oxidation sites excluding steroid dienone is 1. The number of esters is 1. The molecule has 34 heavy (non-hydrogen) atoms. The predicted molar refractivity (Wildman–Crippen MR) is 128 cm³/mol. The molecule has 0 fully saturated rings. The third-order valence-corrected chi connectivity index (χ3v) is 4.73. The normalized spacial score (nSPS) is 10.7. The molecule has 0 saturated carbocycles. The van der Waals surface area contributed by atoms with Crippen LogP contribution in [0.5, 0.6) is 28.7 Å². The molecule has 7 heteroatoms. The molecular weight excluding hydrogens is 434 g/mol. The van der Waals surface area contributed by atoms with E-state index in [1.54, 1.807) is 87.0 Å². The van der Waals surface area contributed by atoms with Gasteiger partial charge in [-0.05, 0) is 78.7 Å². The Labute approximate surface area is 198 Å². The molecule has 7 nitrogen and oxygen atoms in total. The highest BCUT2D eigenvalue weighted by Gasteiger charge is 2.09. The number of carbonyl (C=O) groups excluding carboxylic acids is 1. The first-order chi connectivity index (χ1) is 16.6. The van der Waals surface area contributed by atoms with E-state index in [-0.39, 0.29) is 6.61 Å². The fourth-order valence-corrected chi connectivity index (χ4v) is 3.08. The molecule has 3 aromatic carbocycles. The Morgan fingerprint density at radius 2 is 1.47 bits per heavy atom. The second kappa shape index (κ2) is 12.0. The van der Waals surface area contributed by atoms with E-state index in [0.29, 0.717) is 40.7 Å². The highest BCUT2D eigenvalue weighted by Crippen LogP contribution is 2.31. The maximum Gasteiger partial charge on any atom is 0.349 e. The van der Waals surface area contributed by atoms with Crippen LogP contribution in [-0.2, 0) is 4.79 Å². The largest absolute Gasteiger partial charge is 0.494 e. The smallest absolute Gasteiger partial charge is 0.349 e. The number of hydrogen-bond acceptors (Lipinski definition) is 7. The first-order valence-electron chi connectivity index (χ1n) is 10.6. The Morgan fingerprint density at radius 3 is 2.06 bits per heavy atom. The number of nitrogens with zero attached hydrogens (tertiary/aromatic N) is 1. The lowest BCUT2D eigenvalue weighted by Gasteiger charge is -2.09. The lowest BCUT2D eigenvalue weighted by Crippen LogP contribution is -2.17. The Kier molecular flexibility index (Phi) is 8.53. The number of nitriles is 1. The van der Waals surface area contributed by atoms with Crippen molar-refractivity contribution in [1.82, 2.24) is 0 Å². The van der Waals surface area contributed by atoms with Crippen molar-refractivity contribution in [1.29, 1.82) is 5.26 Å². The Morgan fingerprint density at radius 1 is 0.853 bits per heavy atom. The summed E-state index contributed by atoms with van der Waals surface area (Å²) in [7, 11) is 3.10. The van der Waals surface area contributed by atoms with Gasteiger partial charge in [0.15, 0.2) is 18.1 Å². The number of carbonyl (C=O) groups is 1. The summed E-state index contributed by atoms with van der Waals surface area (Å²) >= 11 is 0. The van der Waals surface area contributed by atoms with Crippen LogP contribution in [0.2, 0.25) is 0 Å². The minimum atomic E-state index is -0.528. The van der Waals surface area contributed by atoms with Crippen LogP contribution >= 0.6 is 0 Å². The van der Waals surface area contributed by atoms with E-state index in [9.17, 15) is 10.1 Å². The van der Waals surface area contributed by atoms with E-state index < -0.39 is 5.97 Å². The standard InChI is InChI=1S/C27H25NO6/c1-4-32-22-10-12-23(13-11-22)33-18-27(29)34-24-8-5-19(6-9-24)15-21(17-28)20-7-14-25(30-2)26(16-20)31-3/h5-16H,4,18H2,1-3H3/b21-15-. The van der Waals surface area contributed by atoms with Gasteiger partial charge in [-0.3, -0.25) is 0 Å². The van der Waals surface area contributed by atoms with Crippen LogP contribution in [0.1, 0.15) is 18.1 Å². The molecule has 0 radical (unpaired) electrons. The Hall–Kier alpha value is -4.44. The van der Waals surface area contributed by atoms with Crippen molar-refractivity contribution in [2.75, 3.05) is 27.4 Å². The van der Waals surface area contributed by atoms with Crippen LogP contribution in [-0.4, -0.2) is 33.4 Å². The summed E-state index contributed by atoms with van der Waals surface area (Å²) < 4.78 is 26.7. The predicted octanol–water partition coefficient (Wildman–Crippen LogP) is 5.15. The average molecular weight is 459 g/mol. The topological polar surface area (TPSA) is 87.0 Å². The molecule has 0 heterocycles. The van der Waals surface area contributed by atoms with Crippen LogP contribution in [0, 0.1) is 11.3 Å². The van der Waals surface area contributed by atoms with Crippen molar-refractivity contribution in [3.05, 3.63) is 77.9 Å². The van der Waals surface area contributed by atoms with Gasteiger partial charge in [-0.15, -0.1) is 0 Å². The molecule has 0 amide bonds. The molecule has 0 aliphatic carbocycles. The molecular formula is C27H25NO6. The van der Waals surface area contributed by atoms with Crippen molar-refractivity contribution >= 4 is 17.6 Å². The van der Waals surface area contributed by atoms with Gasteiger partial charge in [0.25, 0.3) is 0 Å². The maximum absolute atomic E-state index is 12.1. The summed E-state index contributed by atoms with van der Waals surface area (Å²) in [5.41, 5.74) is 1.92. The maximum atomic E-state index is 12.1. The minimum Gasteiger partial charge on any atom is -0.494 e. The van der Waals surface area contributed by atoms with E-state index in [2.05, 4.69) is 6.07 Å². The summed E-state index contributed by atoms with van der Waals surface area (Å²) in [5.74, 6) is 2.25. The molecule has 3 aromatic rings. The monoisotopic (exact) mass is 459 g/mol. The second-order valence-electron chi connectivity index (χ2n) is 6.98. The van der Waals surface area contributed by atoms with Gasteiger partial charge in [0.1, 0.15) is 17.2 Å². The summed E-state index contributed by atoms with van der Waals surface area (Å²) in [6.07, 6.45) is 1.74. The van der Waals surface area contributed by atoms with Crippen molar-refractivity contribution in [2.24, 2.45) is 0 Å². The van der Waals surface area contributed by atoms with Gasteiger partial charge in [-0.1, -0.05) is 12.1 Å². The van der Waals surface area contributed by atoms with Gasteiger partial charge in [0, 0.05) is 0 Å². The van der Waals surface area contributed by atoms with Crippen LogP contribution in [0.15, 0.2) is 66.7 Å². The zero-order valence-electron chi connectivity index (χ0n) is 19.2. The highest BCUT2D eigenvalue weighted by atomic mass is 16.6. The SMILES string of the molecule is CCOc1ccc(OCC(=O)Oc2ccc(/C=C(/C#N)c3ccc(OC)c(OC)c3)cc2)cc1. The molecule has 0 saturated heterocycles. The minimum absolute atomic E-state index is 0.229. The van der Waals surface area contributed by atoms with Crippen LogP contribution in [0.25, 0.3) is 11.6 Å². The lowest BCUT2D eigenvalue weighted by molar-refractivity contribution is -0.136. The fourth-order valence-electron chi connectivity index (χ4n) is 3.08. The molecule has 0 unspecified atom stereocenters. The average Bonchev–Trinajstić information content (AvgIpc) is 2.87. The van der Waals surface area contributed by atoms with Gasteiger partial charge in [0.2, 0.25) is 0 Å². The third-order valence-electron chi connectivity index (χ3n) is 4.73. The summed E-state index contributed by atoms with van der Waals surface area (Å²) in [6.45, 7) is 2.26. The van der Waals surface area contributed by atoms with E-state index in [4.69, 9.17) is 23.7 Å². The summed E-state index contributed by atoms with van der Waals surface area (Å²) in [6, 6.07) is 21.3. The van der Waals surface area contributed by atoms with E-state index in [1.807, 2.05) is 6.92 Å². The van der Waals surface area contributed by atoms with Crippen molar-refractivity contribution in [2.45, 2.75) is 6.92 Å². The van der Waals surface area contributed by atoms with Gasteiger partial charge in [0.05, 0.1) is 32.5 Å². The third kappa shape index (κ3) is 6.53. The number of hydrogen-bond donors (Lipinski definition) is 0. The first kappa shape index (κ1) is 24.2. The van der Waals surface area contributed by atoms with Gasteiger partial charge in [-0.25, -0.2) is 4.79 Å². The zero-order valence-corrected chi connectivity index (χ0v) is 19.2. The number of ether oxygens (including phenoxy) is 5. The Bertz CT molecular complexity index is 1180. The molecule has 0 bridgehead atoms. The van der Waals surface area contributed by atoms with E-state index in [0.717, 1.165) is 11.3 Å². The molecule has 174 valence electrons. The summed E-state index contributed by atoms with van der Waals surface area (Å²) in [4.78, 5) is 12.1. The van der Waals surface area contributed by atoms with Crippen LogP contribution < -0.4 is 23.7 Å². The highest BCUT2D eigenvalue weighted by molar-refractivity contribution is 5.90. The summed E-state index contributed by atoms with van der Waals surface area (Å²) in [5, 5.41) is 9.62. The Balaban J connectivity index is 1.61. The second-order valence-corrected chi connectivity index (χ2v) is 6.98. The number of benzene rings is 3. The zero-order chi connectivity index (χ0) is 24.3. The van der Waals surface area contributed by atoms with Gasteiger partial charge in [-0.2, -0.15) is 5.26 Å². The number of methoxy groups -OCH3 is 2. The van der Waals surface area contributed by atoms with E-state index in [1.165, 1.54) is 0 Å². The lowest BCUT2D eigenvalue weighted by atomic mass is 10.0. The molecule has 0 atom stereocenters. The van der Waals surface area contributed by atoms with Gasteiger partial charge >= 0.3 is 5.97 Å². The van der Waals surface area contributed by atoms with E-state index >= 15 is 0 Å². The number of rotatable bonds is 10. The molecule has 0 spiro atoms. The van der Waals surface area contributed by atoms with Crippen molar-refractivity contribution in [3.8, 4) is 34.8 Å². The molecule has 0 aromatic heterocycles. The fraction of sp³-hybridized carbons (Fsp3) is 0.185. The van der Waals surface area contributed by atoms with Gasteiger partial charge < -0.3 is 23.7 Å². The van der Waals surface area contributed by atoms with Crippen molar-refractivity contribution in [3.63, 3.8) is 0 Å². The molecule has 0 aliphatic heterocycles. The molecule has 3 rings (SSSR count). The van der Waals surface area contributed by atoms with Crippen LogP contribution in [0.4, 0.5) is 0 Å². The molecule has 0 N–H and O–H groups in total.